The van der Waals surface area contributed by atoms with E-state index in [1.54, 1.807) is 6.92 Å². The summed E-state index contributed by atoms with van der Waals surface area (Å²) in [5.74, 6) is 0.0152. The first-order valence-corrected chi connectivity index (χ1v) is 5.43. The third-order valence-electron chi connectivity index (χ3n) is 2.58. The number of benzene rings is 1. The van der Waals surface area contributed by atoms with Crippen molar-refractivity contribution < 1.29 is 5.11 Å². The van der Waals surface area contributed by atoms with Crippen LogP contribution >= 0.6 is 0 Å². The Balaban J connectivity index is 2.71. The molecule has 86 valence electrons. The van der Waals surface area contributed by atoms with Gasteiger partial charge in [-0.3, -0.25) is 0 Å². The molecule has 0 heterocycles. The van der Waals surface area contributed by atoms with E-state index in [1.165, 1.54) is 0 Å². The topological polar surface area (TPSA) is 47.3 Å². The summed E-state index contributed by atoms with van der Waals surface area (Å²) in [6.45, 7) is 4.36. The van der Waals surface area contributed by atoms with Crippen LogP contribution in [0.25, 0.3) is 0 Å². The van der Waals surface area contributed by atoms with Gasteiger partial charge in [-0.25, -0.2) is 0 Å². The molecule has 0 radical (unpaired) electrons. The number of aliphatic hydroxyl groups is 1. The van der Waals surface area contributed by atoms with Gasteiger partial charge < -0.3 is 10.0 Å². The molecule has 0 saturated heterocycles. The van der Waals surface area contributed by atoms with Crippen LogP contribution in [0.1, 0.15) is 25.5 Å². The number of aliphatic hydroxyl groups excluding tert-OH is 1. The van der Waals surface area contributed by atoms with Gasteiger partial charge in [0, 0.05) is 19.3 Å². The first-order valence-electron chi connectivity index (χ1n) is 5.43. The van der Waals surface area contributed by atoms with Crippen LogP contribution in [0, 0.1) is 17.2 Å². The normalized spacial score (nSPS) is 13.9. The standard InChI is InChI=1S/C13H18N2O/c1-10(8-14)9-15(3)13-6-4-12(5-7-13)11(2)16/h4-7,10-11,16H,9H2,1-3H3/t10?,11-/m1/s1. The molecule has 0 aromatic heterocycles. The van der Waals surface area contributed by atoms with Gasteiger partial charge in [-0.1, -0.05) is 12.1 Å². The Morgan fingerprint density at radius 3 is 2.31 bits per heavy atom. The molecule has 0 bridgehead atoms. The zero-order valence-electron chi connectivity index (χ0n) is 10.0. The predicted octanol–water partition coefficient (Wildman–Crippen LogP) is 2.34. The Bertz CT molecular complexity index is 365. The molecule has 0 aliphatic rings. The second kappa shape index (κ2) is 5.53. The highest BCUT2D eigenvalue weighted by Crippen LogP contribution is 2.18. The predicted molar refractivity (Wildman–Crippen MR) is 65.1 cm³/mol. The molecule has 1 aromatic rings. The zero-order chi connectivity index (χ0) is 12.1. The van der Waals surface area contributed by atoms with E-state index in [0.717, 1.165) is 11.3 Å². The number of nitrogens with zero attached hydrogens (tertiary/aromatic N) is 2. The van der Waals surface area contributed by atoms with Crippen LogP contribution in [0.4, 0.5) is 5.69 Å². The zero-order valence-corrected chi connectivity index (χ0v) is 10.0. The third kappa shape index (κ3) is 3.25. The smallest absolute Gasteiger partial charge is 0.0761 e. The van der Waals surface area contributed by atoms with Crippen LogP contribution in [0.5, 0.6) is 0 Å². The SMILES string of the molecule is CC(C#N)CN(C)c1ccc([C@@H](C)O)cc1. The quantitative estimate of drug-likeness (QED) is 0.843. The van der Waals surface area contributed by atoms with E-state index in [-0.39, 0.29) is 5.92 Å². The van der Waals surface area contributed by atoms with Crippen LogP contribution in [0.15, 0.2) is 24.3 Å². The summed E-state index contributed by atoms with van der Waals surface area (Å²) in [7, 11) is 1.96. The molecule has 0 spiro atoms. The van der Waals surface area contributed by atoms with Crippen molar-refractivity contribution in [1.82, 2.24) is 0 Å². The monoisotopic (exact) mass is 218 g/mol. The van der Waals surface area contributed by atoms with Crippen molar-refractivity contribution >= 4 is 5.69 Å². The van der Waals surface area contributed by atoms with Gasteiger partial charge in [0.25, 0.3) is 0 Å². The van der Waals surface area contributed by atoms with Gasteiger partial charge in [-0.15, -0.1) is 0 Å². The molecule has 2 atom stereocenters. The lowest BCUT2D eigenvalue weighted by molar-refractivity contribution is 0.199. The Kier molecular flexibility index (Phi) is 4.33. The minimum absolute atomic E-state index is 0.0152. The van der Waals surface area contributed by atoms with Crippen LogP contribution in [0.2, 0.25) is 0 Å². The van der Waals surface area contributed by atoms with E-state index >= 15 is 0 Å². The minimum Gasteiger partial charge on any atom is -0.389 e. The van der Waals surface area contributed by atoms with Crippen molar-refractivity contribution in [2.75, 3.05) is 18.5 Å². The fourth-order valence-corrected chi connectivity index (χ4v) is 1.56. The van der Waals surface area contributed by atoms with Gasteiger partial charge in [0.05, 0.1) is 18.1 Å². The summed E-state index contributed by atoms with van der Waals surface area (Å²) in [5.41, 5.74) is 1.97. The molecule has 1 rings (SSSR count). The number of anilines is 1. The molecule has 0 amide bonds. The average molecular weight is 218 g/mol. The third-order valence-corrected chi connectivity index (χ3v) is 2.58. The molecule has 0 aliphatic carbocycles. The molecule has 0 aliphatic heterocycles. The molecule has 16 heavy (non-hydrogen) atoms. The Labute approximate surface area is 96.9 Å². The molecule has 3 heteroatoms. The van der Waals surface area contributed by atoms with Crippen LogP contribution in [-0.4, -0.2) is 18.7 Å². The van der Waals surface area contributed by atoms with Crippen molar-refractivity contribution in [3.8, 4) is 6.07 Å². The molecular weight excluding hydrogens is 200 g/mol. The summed E-state index contributed by atoms with van der Waals surface area (Å²) < 4.78 is 0. The summed E-state index contributed by atoms with van der Waals surface area (Å²) in [5, 5.41) is 18.1. The lowest BCUT2D eigenvalue weighted by Crippen LogP contribution is -2.23. The van der Waals surface area contributed by atoms with E-state index in [9.17, 15) is 5.11 Å². The highest BCUT2D eigenvalue weighted by Gasteiger charge is 2.07. The van der Waals surface area contributed by atoms with Gasteiger partial charge in [0.1, 0.15) is 0 Å². The summed E-state index contributed by atoms with van der Waals surface area (Å²) in [6, 6.07) is 9.96. The fourth-order valence-electron chi connectivity index (χ4n) is 1.56. The van der Waals surface area contributed by atoms with Crippen molar-refractivity contribution in [1.29, 1.82) is 5.26 Å². The number of hydrogen-bond donors (Lipinski definition) is 1. The maximum Gasteiger partial charge on any atom is 0.0761 e. The Morgan fingerprint density at radius 2 is 1.88 bits per heavy atom. The molecular formula is C13H18N2O. The first-order chi connectivity index (χ1) is 7.54. The van der Waals surface area contributed by atoms with E-state index < -0.39 is 6.10 Å². The molecule has 1 N–H and O–H groups in total. The van der Waals surface area contributed by atoms with Crippen molar-refractivity contribution in [2.45, 2.75) is 20.0 Å². The fraction of sp³-hybridized carbons (Fsp3) is 0.462. The average Bonchev–Trinajstić information content (AvgIpc) is 2.28. The number of nitriles is 1. The molecule has 1 aromatic carbocycles. The van der Waals surface area contributed by atoms with Crippen LogP contribution in [-0.2, 0) is 0 Å². The summed E-state index contributed by atoms with van der Waals surface area (Å²) in [6.07, 6.45) is -0.433. The van der Waals surface area contributed by atoms with E-state index in [1.807, 2.05) is 43.1 Å². The Hall–Kier alpha value is -1.53. The molecule has 0 fully saturated rings. The summed E-state index contributed by atoms with van der Waals surface area (Å²) in [4.78, 5) is 2.04. The van der Waals surface area contributed by atoms with Gasteiger partial charge in [0.15, 0.2) is 0 Å². The van der Waals surface area contributed by atoms with Crippen LogP contribution in [0.3, 0.4) is 0 Å². The molecule has 1 unspecified atom stereocenters. The number of hydrogen-bond acceptors (Lipinski definition) is 3. The van der Waals surface area contributed by atoms with E-state index in [4.69, 9.17) is 5.26 Å². The lowest BCUT2D eigenvalue weighted by Gasteiger charge is -2.20. The second-order valence-electron chi connectivity index (χ2n) is 4.18. The maximum absolute atomic E-state index is 9.38. The number of rotatable bonds is 4. The van der Waals surface area contributed by atoms with Crippen molar-refractivity contribution in [2.24, 2.45) is 5.92 Å². The molecule has 0 saturated carbocycles. The highest BCUT2D eigenvalue weighted by molar-refractivity contribution is 5.47. The maximum atomic E-state index is 9.38. The molecule has 3 nitrogen and oxygen atoms in total. The van der Waals surface area contributed by atoms with Crippen molar-refractivity contribution in [3.63, 3.8) is 0 Å². The van der Waals surface area contributed by atoms with Gasteiger partial charge in [0.2, 0.25) is 0 Å². The summed E-state index contributed by atoms with van der Waals surface area (Å²) >= 11 is 0. The van der Waals surface area contributed by atoms with E-state index in [2.05, 4.69) is 6.07 Å². The lowest BCUT2D eigenvalue weighted by atomic mass is 10.1. The van der Waals surface area contributed by atoms with Crippen LogP contribution < -0.4 is 4.90 Å². The second-order valence-corrected chi connectivity index (χ2v) is 4.18. The van der Waals surface area contributed by atoms with Gasteiger partial charge in [-0.2, -0.15) is 5.26 Å². The Morgan fingerprint density at radius 1 is 1.31 bits per heavy atom. The van der Waals surface area contributed by atoms with Crippen molar-refractivity contribution in [3.05, 3.63) is 29.8 Å². The first kappa shape index (κ1) is 12.5. The van der Waals surface area contributed by atoms with Gasteiger partial charge >= 0.3 is 0 Å². The highest BCUT2D eigenvalue weighted by atomic mass is 16.3. The largest absolute Gasteiger partial charge is 0.389 e. The van der Waals surface area contributed by atoms with Gasteiger partial charge in [-0.05, 0) is 31.5 Å². The van der Waals surface area contributed by atoms with E-state index in [0.29, 0.717) is 6.54 Å². The minimum atomic E-state index is -0.433.